The van der Waals surface area contributed by atoms with E-state index in [1.54, 1.807) is 6.92 Å². The number of esters is 1. The third-order valence-corrected chi connectivity index (χ3v) is 1.35. The number of carbonyl (C=O) groups excluding carboxylic acids is 1. The molecular weight excluding hydrogens is 148 g/mol. The summed E-state index contributed by atoms with van der Waals surface area (Å²) >= 11 is 0. The maximum absolute atomic E-state index is 10.8. The van der Waals surface area contributed by atoms with Gasteiger partial charge in [-0.05, 0) is 6.42 Å². The first-order valence-corrected chi connectivity index (χ1v) is 3.46. The lowest BCUT2D eigenvalue weighted by molar-refractivity contribution is -0.157. The van der Waals surface area contributed by atoms with Crippen molar-refractivity contribution in [2.24, 2.45) is 5.92 Å². The summed E-state index contributed by atoms with van der Waals surface area (Å²) in [4.78, 5) is 20.7. The van der Waals surface area contributed by atoms with E-state index in [1.807, 2.05) is 6.92 Å². The molecule has 0 aromatic rings. The van der Waals surface area contributed by atoms with Crippen molar-refractivity contribution in [2.75, 3.05) is 6.61 Å². The van der Waals surface area contributed by atoms with Gasteiger partial charge in [0.15, 0.2) is 6.61 Å². The van der Waals surface area contributed by atoms with Crippen molar-refractivity contribution in [3.63, 3.8) is 0 Å². The van der Waals surface area contributed by atoms with Gasteiger partial charge in [-0.1, -0.05) is 13.8 Å². The fourth-order valence-corrected chi connectivity index (χ4v) is 0.442. The highest BCUT2D eigenvalue weighted by Crippen LogP contribution is 2.02. The maximum Gasteiger partial charge on any atom is 0.341 e. The van der Waals surface area contributed by atoms with Crippen LogP contribution in [0.3, 0.4) is 0 Å². The van der Waals surface area contributed by atoms with Gasteiger partial charge in [0.2, 0.25) is 0 Å². The minimum absolute atomic E-state index is 0.214. The van der Waals surface area contributed by atoms with Gasteiger partial charge in [0.1, 0.15) is 0 Å². The quantitative estimate of drug-likeness (QED) is 0.613. The molecule has 4 heteroatoms. The molecule has 1 unspecified atom stereocenters. The standard InChI is InChI=1S/C7H12O4/c1-3-5(2)7(10)11-4-6(8)9/h5H,3-4H2,1-2H3,(H,8,9). The topological polar surface area (TPSA) is 63.6 Å². The van der Waals surface area contributed by atoms with Crippen molar-refractivity contribution in [3.05, 3.63) is 0 Å². The molecule has 0 rings (SSSR count). The van der Waals surface area contributed by atoms with Gasteiger partial charge in [-0.2, -0.15) is 0 Å². The molecule has 1 atom stereocenters. The zero-order valence-electron chi connectivity index (χ0n) is 6.66. The molecule has 64 valence electrons. The highest BCUT2D eigenvalue weighted by molar-refractivity contribution is 5.76. The van der Waals surface area contributed by atoms with Crippen LogP contribution in [-0.4, -0.2) is 23.7 Å². The molecule has 0 saturated carbocycles. The average Bonchev–Trinajstić information content (AvgIpc) is 1.98. The summed E-state index contributed by atoms with van der Waals surface area (Å²) in [5.74, 6) is -1.79. The molecule has 0 aliphatic rings. The van der Waals surface area contributed by atoms with Crippen LogP contribution in [0.2, 0.25) is 0 Å². The van der Waals surface area contributed by atoms with Crippen molar-refractivity contribution in [1.29, 1.82) is 0 Å². The number of carboxylic acids is 1. The summed E-state index contributed by atoms with van der Waals surface area (Å²) in [6.07, 6.45) is 0.665. The molecule has 0 aromatic heterocycles. The summed E-state index contributed by atoms with van der Waals surface area (Å²) in [6.45, 7) is 3.00. The van der Waals surface area contributed by atoms with E-state index in [9.17, 15) is 9.59 Å². The first kappa shape index (κ1) is 9.94. The van der Waals surface area contributed by atoms with Gasteiger partial charge < -0.3 is 9.84 Å². The molecule has 0 amide bonds. The van der Waals surface area contributed by atoms with E-state index in [0.717, 1.165) is 0 Å². The van der Waals surface area contributed by atoms with E-state index in [2.05, 4.69) is 4.74 Å². The second kappa shape index (κ2) is 4.71. The first-order valence-electron chi connectivity index (χ1n) is 3.46. The molecule has 0 aliphatic heterocycles. The lowest BCUT2D eigenvalue weighted by Gasteiger charge is -2.06. The van der Waals surface area contributed by atoms with Crippen LogP contribution >= 0.6 is 0 Å². The fourth-order valence-electron chi connectivity index (χ4n) is 0.442. The van der Waals surface area contributed by atoms with Crippen LogP contribution in [0.25, 0.3) is 0 Å². The Balaban J connectivity index is 3.60. The van der Waals surface area contributed by atoms with Crippen LogP contribution in [0.5, 0.6) is 0 Å². The Morgan fingerprint density at radius 1 is 1.55 bits per heavy atom. The van der Waals surface area contributed by atoms with Crippen molar-refractivity contribution < 1.29 is 19.4 Å². The van der Waals surface area contributed by atoms with Crippen LogP contribution in [0, 0.1) is 5.92 Å². The number of rotatable bonds is 4. The Hall–Kier alpha value is -1.06. The average molecular weight is 160 g/mol. The molecule has 0 heterocycles. The summed E-state index contributed by atoms with van der Waals surface area (Å²) < 4.78 is 4.42. The van der Waals surface area contributed by atoms with Gasteiger partial charge in [-0.3, -0.25) is 4.79 Å². The van der Waals surface area contributed by atoms with E-state index in [0.29, 0.717) is 6.42 Å². The van der Waals surface area contributed by atoms with Gasteiger partial charge in [-0.15, -0.1) is 0 Å². The first-order chi connectivity index (χ1) is 5.07. The third kappa shape index (κ3) is 4.36. The fraction of sp³-hybridized carbons (Fsp3) is 0.714. The molecule has 0 bridgehead atoms. The number of ether oxygens (including phenoxy) is 1. The van der Waals surface area contributed by atoms with Gasteiger partial charge in [0.05, 0.1) is 5.92 Å². The van der Waals surface area contributed by atoms with Gasteiger partial charge in [0.25, 0.3) is 0 Å². The highest BCUT2D eigenvalue weighted by atomic mass is 16.5. The maximum atomic E-state index is 10.8. The summed E-state index contributed by atoms with van der Waals surface area (Å²) in [5, 5.41) is 8.14. The Bertz CT molecular complexity index is 153. The number of carboxylic acid groups (broad SMARTS) is 1. The summed E-state index contributed by atoms with van der Waals surface area (Å²) in [6, 6.07) is 0. The van der Waals surface area contributed by atoms with Crippen LogP contribution < -0.4 is 0 Å². The monoisotopic (exact) mass is 160 g/mol. The largest absolute Gasteiger partial charge is 0.479 e. The normalized spacial score (nSPS) is 12.2. The Morgan fingerprint density at radius 2 is 2.09 bits per heavy atom. The van der Waals surface area contributed by atoms with Crippen molar-refractivity contribution >= 4 is 11.9 Å². The lowest BCUT2D eigenvalue weighted by Crippen LogP contribution is -2.18. The number of carbonyl (C=O) groups is 2. The van der Waals surface area contributed by atoms with Crippen molar-refractivity contribution in [3.8, 4) is 0 Å². The van der Waals surface area contributed by atoms with Gasteiger partial charge in [-0.25, -0.2) is 4.79 Å². The molecule has 1 N–H and O–H groups in total. The molecule has 0 aliphatic carbocycles. The van der Waals surface area contributed by atoms with Crippen LogP contribution in [0.4, 0.5) is 0 Å². The zero-order valence-corrected chi connectivity index (χ0v) is 6.66. The Morgan fingerprint density at radius 3 is 2.45 bits per heavy atom. The predicted molar refractivity (Wildman–Crippen MR) is 38.0 cm³/mol. The zero-order chi connectivity index (χ0) is 8.85. The van der Waals surface area contributed by atoms with E-state index in [4.69, 9.17) is 5.11 Å². The third-order valence-electron chi connectivity index (χ3n) is 1.35. The molecule has 11 heavy (non-hydrogen) atoms. The van der Waals surface area contributed by atoms with Crippen LogP contribution in [0.15, 0.2) is 0 Å². The number of aliphatic carboxylic acids is 1. The second-order valence-corrected chi connectivity index (χ2v) is 2.31. The number of hydrogen-bond acceptors (Lipinski definition) is 3. The molecule has 0 radical (unpaired) electrons. The summed E-state index contributed by atoms with van der Waals surface area (Å²) in [7, 11) is 0. The summed E-state index contributed by atoms with van der Waals surface area (Å²) in [5.41, 5.74) is 0. The van der Waals surface area contributed by atoms with Crippen molar-refractivity contribution in [2.45, 2.75) is 20.3 Å². The van der Waals surface area contributed by atoms with E-state index in [-0.39, 0.29) is 5.92 Å². The second-order valence-electron chi connectivity index (χ2n) is 2.31. The smallest absolute Gasteiger partial charge is 0.341 e. The highest BCUT2D eigenvalue weighted by Gasteiger charge is 2.12. The number of hydrogen-bond donors (Lipinski definition) is 1. The lowest BCUT2D eigenvalue weighted by atomic mass is 10.1. The molecule has 0 fully saturated rings. The minimum Gasteiger partial charge on any atom is -0.479 e. The van der Waals surface area contributed by atoms with E-state index < -0.39 is 18.5 Å². The van der Waals surface area contributed by atoms with E-state index in [1.165, 1.54) is 0 Å². The van der Waals surface area contributed by atoms with Gasteiger partial charge in [0, 0.05) is 0 Å². The predicted octanol–water partition coefficient (Wildman–Crippen LogP) is 0.660. The molecule has 4 nitrogen and oxygen atoms in total. The van der Waals surface area contributed by atoms with Crippen LogP contribution in [-0.2, 0) is 14.3 Å². The SMILES string of the molecule is CCC(C)C(=O)OCC(=O)O. The molecule has 0 saturated heterocycles. The van der Waals surface area contributed by atoms with Crippen LogP contribution in [0.1, 0.15) is 20.3 Å². The van der Waals surface area contributed by atoms with Crippen molar-refractivity contribution in [1.82, 2.24) is 0 Å². The minimum atomic E-state index is -1.12. The molecule has 0 spiro atoms. The van der Waals surface area contributed by atoms with E-state index >= 15 is 0 Å². The molecule has 0 aromatic carbocycles. The Labute approximate surface area is 65.2 Å². The Kier molecular flexibility index (Phi) is 4.26. The molecular formula is C7H12O4. The van der Waals surface area contributed by atoms with Gasteiger partial charge >= 0.3 is 11.9 Å².